The highest BCUT2D eigenvalue weighted by Gasteiger charge is 2.69. The van der Waals surface area contributed by atoms with Crippen molar-refractivity contribution in [1.29, 1.82) is 0 Å². The minimum absolute atomic E-state index is 0.00418. The summed E-state index contributed by atoms with van der Waals surface area (Å²) in [5.41, 5.74) is 3.62. The quantitative estimate of drug-likeness (QED) is 0.161. The first-order chi connectivity index (χ1) is 21.3. The van der Waals surface area contributed by atoms with Gasteiger partial charge in [0.25, 0.3) is 5.69 Å². The Morgan fingerprint density at radius 2 is 1.70 bits per heavy atom. The van der Waals surface area contributed by atoms with Gasteiger partial charge >= 0.3 is 4.87 Å². The van der Waals surface area contributed by atoms with Crippen molar-refractivity contribution in [3.63, 3.8) is 0 Å². The number of thioether (sulfide) groups is 1. The molecule has 4 aromatic rings. The maximum Gasteiger partial charge on any atom is 0.305 e. The molecule has 7 atom stereocenters. The summed E-state index contributed by atoms with van der Waals surface area (Å²) in [6.07, 6.45) is 0.788. The van der Waals surface area contributed by atoms with Crippen molar-refractivity contribution in [2.24, 2.45) is 29.6 Å². The maximum atomic E-state index is 13.9. The van der Waals surface area contributed by atoms with E-state index in [0.717, 1.165) is 33.2 Å². The number of aromatic amines is 1. The number of nitro groups is 1. The van der Waals surface area contributed by atoms with Crippen LogP contribution in [0.1, 0.15) is 33.9 Å². The lowest BCUT2D eigenvalue weighted by molar-refractivity contribution is -0.384. The fraction of sp³-hybridized carbons (Fsp3) is 0.303. The zero-order valence-corrected chi connectivity index (χ0v) is 25.2. The van der Waals surface area contributed by atoms with Crippen LogP contribution >= 0.6 is 23.1 Å². The summed E-state index contributed by atoms with van der Waals surface area (Å²) >= 11 is 2.88. The summed E-state index contributed by atoms with van der Waals surface area (Å²) < 4.78 is 6.07. The van der Waals surface area contributed by atoms with Crippen molar-refractivity contribution >= 4 is 46.3 Å². The minimum atomic E-state index is -0.500. The van der Waals surface area contributed by atoms with Crippen LogP contribution in [0.3, 0.4) is 0 Å². The molecule has 2 saturated carbocycles. The molecule has 2 bridgehead atoms. The molecule has 2 amide bonds. The van der Waals surface area contributed by atoms with Gasteiger partial charge in [0.1, 0.15) is 12.4 Å². The second-order valence-corrected chi connectivity index (χ2v) is 14.3. The van der Waals surface area contributed by atoms with Crippen LogP contribution in [-0.2, 0) is 16.2 Å². The van der Waals surface area contributed by atoms with Gasteiger partial charge in [-0.05, 0) is 66.5 Å². The van der Waals surface area contributed by atoms with Gasteiger partial charge in [-0.1, -0.05) is 53.3 Å². The molecule has 2 aliphatic carbocycles. The van der Waals surface area contributed by atoms with E-state index in [1.165, 1.54) is 46.1 Å². The van der Waals surface area contributed by atoms with Gasteiger partial charge in [-0.3, -0.25) is 29.4 Å². The fourth-order valence-corrected chi connectivity index (χ4v) is 11.0. The van der Waals surface area contributed by atoms with Gasteiger partial charge < -0.3 is 9.72 Å². The van der Waals surface area contributed by atoms with E-state index in [4.69, 9.17) is 4.74 Å². The number of carbonyl (C=O) groups excluding carboxylic acids is 2. The van der Waals surface area contributed by atoms with E-state index < -0.39 is 16.8 Å². The number of carbonyl (C=O) groups is 2. The molecule has 2 aliphatic heterocycles. The van der Waals surface area contributed by atoms with Crippen molar-refractivity contribution in [3.05, 3.63) is 114 Å². The van der Waals surface area contributed by atoms with Crippen molar-refractivity contribution < 1.29 is 19.2 Å². The first-order valence-electron chi connectivity index (χ1n) is 14.6. The Morgan fingerprint density at radius 3 is 2.41 bits per heavy atom. The molecule has 1 N–H and O–H groups in total. The van der Waals surface area contributed by atoms with Gasteiger partial charge in [0.05, 0.1) is 27.5 Å². The van der Waals surface area contributed by atoms with Crippen LogP contribution < -0.4 is 14.5 Å². The third-order valence-electron chi connectivity index (χ3n) is 9.77. The van der Waals surface area contributed by atoms with Gasteiger partial charge in [-0.2, -0.15) is 0 Å². The Labute approximate surface area is 260 Å². The van der Waals surface area contributed by atoms with Crippen LogP contribution in [0.25, 0.3) is 0 Å². The number of benzene rings is 3. The average Bonchev–Trinajstić information content (AvgIpc) is 3.75. The Morgan fingerprint density at radius 1 is 0.977 bits per heavy atom. The number of hydrogen-bond donors (Lipinski definition) is 1. The number of hydrogen-bond acceptors (Lipinski definition) is 8. The second-order valence-electron chi connectivity index (χ2n) is 12.1. The van der Waals surface area contributed by atoms with Crippen LogP contribution in [0.5, 0.6) is 5.75 Å². The molecule has 3 heterocycles. The summed E-state index contributed by atoms with van der Waals surface area (Å²) in [6, 6.07) is 21.9. The summed E-state index contributed by atoms with van der Waals surface area (Å²) in [6.45, 7) is 2.52. The molecule has 11 heteroatoms. The molecule has 8 rings (SSSR count). The Hall–Kier alpha value is -4.22. The number of rotatable bonds is 6. The number of nitro benzene ring substituents is 1. The summed E-state index contributed by atoms with van der Waals surface area (Å²) in [7, 11) is 0. The third-order valence-corrected chi connectivity index (χ3v) is 12.4. The summed E-state index contributed by atoms with van der Waals surface area (Å²) in [5.74, 6) is -0.597. The number of H-pyrrole nitrogens is 1. The number of aryl methyl sites for hydroxylation is 1. The molecule has 222 valence electrons. The number of ether oxygens (including phenoxy) is 1. The predicted molar refractivity (Wildman–Crippen MR) is 166 cm³/mol. The Bertz CT molecular complexity index is 1880. The van der Waals surface area contributed by atoms with E-state index in [1.54, 1.807) is 11.8 Å². The molecule has 4 aliphatic rings. The molecule has 44 heavy (non-hydrogen) atoms. The van der Waals surface area contributed by atoms with E-state index in [1.807, 2.05) is 24.3 Å². The Kier molecular flexibility index (Phi) is 6.32. The lowest BCUT2D eigenvalue weighted by atomic mass is 9.68. The number of nitrogens with one attached hydrogen (secondary N) is 1. The number of amides is 2. The number of aromatic nitrogens is 1. The zero-order chi connectivity index (χ0) is 30.3. The number of imide groups is 1. The highest BCUT2D eigenvalue weighted by atomic mass is 32.2. The minimum Gasteiger partial charge on any atom is -0.489 e. The molecule has 0 spiro atoms. The van der Waals surface area contributed by atoms with Gasteiger partial charge in [-0.25, -0.2) is 0 Å². The molecule has 9 nitrogen and oxygen atoms in total. The number of nitrogens with zero attached hydrogens (tertiary/aromatic N) is 2. The molecule has 3 fully saturated rings. The number of thiazole rings is 1. The summed E-state index contributed by atoms with van der Waals surface area (Å²) in [5, 5.41) is 12.1. The largest absolute Gasteiger partial charge is 0.489 e. The second kappa shape index (κ2) is 10.2. The van der Waals surface area contributed by atoms with Gasteiger partial charge in [-0.15, -0.1) is 11.8 Å². The molecule has 6 unspecified atom stereocenters. The smallest absolute Gasteiger partial charge is 0.305 e. The first-order valence-corrected chi connectivity index (χ1v) is 16.3. The lowest BCUT2D eigenvalue weighted by Crippen LogP contribution is -2.42. The van der Waals surface area contributed by atoms with E-state index in [9.17, 15) is 24.5 Å². The van der Waals surface area contributed by atoms with Gasteiger partial charge in [0.2, 0.25) is 11.8 Å². The molecule has 1 saturated heterocycles. The van der Waals surface area contributed by atoms with Crippen LogP contribution in [0.15, 0.2) is 82.6 Å². The van der Waals surface area contributed by atoms with Crippen molar-refractivity contribution in [3.8, 4) is 5.75 Å². The molecule has 0 radical (unpaired) electrons. The van der Waals surface area contributed by atoms with Crippen molar-refractivity contribution in [1.82, 2.24) is 4.98 Å². The highest BCUT2D eigenvalue weighted by molar-refractivity contribution is 8.00. The number of non-ortho nitro benzene ring substituents is 1. The van der Waals surface area contributed by atoms with Crippen molar-refractivity contribution in [2.75, 3.05) is 4.90 Å². The zero-order valence-electron chi connectivity index (χ0n) is 23.5. The van der Waals surface area contributed by atoms with Gasteiger partial charge in [0, 0.05) is 28.2 Å². The fourth-order valence-electron chi connectivity index (χ4n) is 8.11. The van der Waals surface area contributed by atoms with E-state index in [-0.39, 0.29) is 51.3 Å². The van der Waals surface area contributed by atoms with E-state index in [2.05, 4.69) is 36.2 Å². The number of anilines is 1. The topological polar surface area (TPSA) is 123 Å². The SMILES string of the molecule is Cc1cccc(COc2ccc([C@H]3c4sc(=O)[nH]c4SC4C5CC(C6C(=O)N(c7ccc([N+](=O)[O-])cc7)C(=O)C56)C43)cc2)c1. The van der Waals surface area contributed by atoms with Crippen LogP contribution in [0.2, 0.25) is 0 Å². The van der Waals surface area contributed by atoms with E-state index in [0.29, 0.717) is 12.3 Å². The standard InChI is InChI=1S/C33H27N3O6S2/c1-16-3-2-4-17(13-16)15-42-21-11-5-18(6-12-21)24-25-22-14-23(28(25)43-30-29(24)44-33(39)34-30)27-26(22)31(37)35(32(27)38)19-7-9-20(10-8-19)36(40)41/h2-13,22-28H,14-15H2,1H3,(H,34,39)/t22?,23?,24-,25?,26?,27?,28?/m1/s1. The van der Waals surface area contributed by atoms with Crippen LogP contribution in [0, 0.1) is 46.6 Å². The number of fused-ring (bicyclic) bond motifs is 9. The molecule has 3 aromatic carbocycles. The molecular weight excluding hydrogens is 599 g/mol. The average molecular weight is 626 g/mol. The van der Waals surface area contributed by atoms with Crippen LogP contribution in [0.4, 0.5) is 11.4 Å². The monoisotopic (exact) mass is 625 g/mol. The molecular formula is C33H27N3O6S2. The van der Waals surface area contributed by atoms with Crippen molar-refractivity contribution in [2.45, 2.75) is 36.1 Å². The first kappa shape index (κ1) is 27.3. The maximum absolute atomic E-state index is 13.9. The lowest BCUT2D eigenvalue weighted by Gasteiger charge is -2.43. The Balaban J connectivity index is 1.10. The normalized spacial score (nSPS) is 28.1. The highest BCUT2D eigenvalue weighted by Crippen LogP contribution is 2.68. The van der Waals surface area contributed by atoms with E-state index >= 15 is 0 Å². The summed E-state index contributed by atoms with van der Waals surface area (Å²) in [4.78, 5) is 56.1. The molecule has 1 aromatic heterocycles. The third kappa shape index (κ3) is 4.16. The van der Waals surface area contributed by atoms with Gasteiger partial charge in [0.15, 0.2) is 0 Å². The predicted octanol–water partition coefficient (Wildman–Crippen LogP) is 5.91. The van der Waals surface area contributed by atoms with Crippen LogP contribution in [-0.4, -0.2) is 27.0 Å².